The number of halogens is 4. The van der Waals surface area contributed by atoms with Gasteiger partial charge in [0, 0.05) is 10.4 Å². The second-order valence-electron chi connectivity index (χ2n) is 4.89. The van der Waals surface area contributed by atoms with E-state index in [9.17, 15) is 18.0 Å². The van der Waals surface area contributed by atoms with Crippen LogP contribution in [0.25, 0.3) is 0 Å². The molecule has 1 aliphatic heterocycles. The average molecular weight is 351 g/mol. The number of alkyl halides is 3. The second kappa shape index (κ2) is 5.73. The molecule has 20 heavy (non-hydrogen) atoms. The fraction of sp³-hybridized carbons (Fsp3) is 0.462. The van der Waals surface area contributed by atoms with E-state index in [0.717, 1.165) is 25.2 Å². The highest BCUT2D eigenvalue weighted by atomic mass is 79.9. The summed E-state index contributed by atoms with van der Waals surface area (Å²) in [6, 6.07) is 3.20. The van der Waals surface area contributed by atoms with Crippen LogP contribution >= 0.6 is 15.9 Å². The van der Waals surface area contributed by atoms with E-state index >= 15 is 0 Å². The van der Waals surface area contributed by atoms with Gasteiger partial charge < -0.3 is 10.6 Å². The molecule has 1 heterocycles. The zero-order chi connectivity index (χ0) is 14.9. The molecular formula is C13H14BrF3N2O. The van der Waals surface area contributed by atoms with E-state index in [2.05, 4.69) is 26.6 Å². The van der Waals surface area contributed by atoms with E-state index in [0.29, 0.717) is 4.47 Å². The Kier molecular flexibility index (Phi) is 4.39. The number of hydrogen-bond donors (Lipinski definition) is 2. The number of anilines is 1. The maximum absolute atomic E-state index is 12.7. The Labute approximate surface area is 123 Å². The van der Waals surface area contributed by atoms with Crippen molar-refractivity contribution >= 4 is 27.5 Å². The standard InChI is InChI=1S/C13H14BrF3N2O/c1-7(8-5-18-6-8)12(20)19-11-4-9(13(15,16)17)2-3-10(11)14/h2-4,7-8,18H,5-6H2,1H3,(H,19,20). The van der Waals surface area contributed by atoms with Gasteiger partial charge in [0.15, 0.2) is 0 Å². The minimum absolute atomic E-state index is 0.143. The summed E-state index contributed by atoms with van der Waals surface area (Å²) in [6.45, 7) is 3.30. The van der Waals surface area contributed by atoms with Gasteiger partial charge in [0.05, 0.1) is 11.3 Å². The van der Waals surface area contributed by atoms with Crippen LogP contribution in [-0.2, 0) is 11.0 Å². The smallest absolute Gasteiger partial charge is 0.325 e. The molecule has 110 valence electrons. The number of nitrogens with one attached hydrogen (secondary N) is 2. The fourth-order valence-corrected chi connectivity index (χ4v) is 2.27. The molecule has 3 nitrogen and oxygen atoms in total. The van der Waals surface area contributed by atoms with Crippen molar-refractivity contribution in [1.82, 2.24) is 5.32 Å². The SMILES string of the molecule is CC(C(=O)Nc1cc(C(F)(F)F)ccc1Br)C1CNC1. The Balaban J connectivity index is 2.13. The predicted molar refractivity (Wildman–Crippen MR) is 73.3 cm³/mol. The van der Waals surface area contributed by atoms with E-state index in [4.69, 9.17) is 0 Å². The van der Waals surface area contributed by atoms with Crippen LogP contribution in [0.4, 0.5) is 18.9 Å². The highest BCUT2D eigenvalue weighted by Gasteiger charge is 2.32. The molecule has 0 aromatic heterocycles. The Morgan fingerprint density at radius 1 is 1.45 bits per heavy atom. The van der Waals surface area contributed by atoms with E-state index < -0.39 is 11.7 Å². The van der Waals surface area contributed by atoms with Crippen molar-refractivity contribution in [1.29, 1.82) is 0 Å². The Hall–Kier alpha value is -1.08. The number of amides is 1. The highest BCUT2D eigenvalue weighted by Crippen LogP contribution is 2.34. The molecule has 2 N–H and O–H groups in total. The monoisotopic (exact) mass is 350 g/mol. The van der Waals surface area contributed by atoms with Crippen LogP contribution in [-0.4, -0.2) is 19.0 Å². The Morgan fingerprint density at radius 3 is 2.60 bits per heavy atom. The molecule has 1 aliphatic rings. The maximum Gasteiger partial charge on any atom is 0.416 e. The van der Waals surface area contributed by atoms with Gasteiger partial charge in [-0.1, -0.05) is 6.92 Å². The third kappa shape index (κ3) is 3.32. The summed E-state index contributed by atoms with van der Waals surface area (Å²) in [5.74, 6) is -0.270. The van der Waals surface area contributed by atoms with Crippen LogP contribution in [0.2, 0.25) is 0 Å². The number of rotatable bonds is 3. The fourth-order valence-electron chi connectivity index (χ4n) is 1.92. The quantitative estimate of drug-likeness (QED) is 0.878. The molecule has 1 aromatic carbocycles. The average Bonchev–Trinajstić information content (AvgIpc) is 2.28. The molecule has 0 aliphatic carbocycles. The summed E-state index contributed by atoms with van der Waals surface area (Å²) in [5, 5.41) is 5.62. The molecule has 0 radical (unpaired) electrons. The zero-order valence-corrected chi connectivity index (χ0v) is 12.3. The van der Waals surface area contributed by atoms with Gasteiger partial charge in [0.25, 0.3) is 0 Å². The summed E-state index contributed by atoms with van der Waals surface area (Å²) in [6.07, 6.45) is -4.43. The molecule has 1 saturated heterocycles. The summed E-state index contributed by atoms with van der Waals surface area (Å²) >= 11 is 3.15. The molecule has 2 rings (SSSR count). The summed E-state index contributed by atoms with van der Waals surface area (Å²) in [5.41, 5.74) is -0.641. The van der Waals surface area contributed by atoms with Crippen LogP contribution in [0.5, 0.6) is 0 Å². The lowest BCUT2D eigenvalue weighted by Gasteiger charge is -2.31. The third-order valence-corrected chi connectivity index (χ3v) is 4.18. The van der Waals surface area contributed by atoms with Crippen molar-refractivity contribution in [3.63, 3.8) is 0 Å². The molecule has 1 fully saturated rings. The molecule has 0 saturated carbocycles. The largest absolute Gasteiger partial charge is 0.416 e. The van der Waals surface area contributed by atoms with Gasteiger partial charge in [-0.15, -0.1) is 0 Å². The van der Waals surface area contributed by atoms with Gasteiger partial charge in [0.2, 0.25) is 5.91 Å². The van der Waals surface area contributed by atoms with Crippen molar-refractivity contribution in [3.8, 4) is 0 Å². The minimum Gasteiger partial charge on any atom is -0.325 e. The van der Waals surface area contributed by atoms with E-state index in [1.807, 2.05) is 0 Å². The minimum atomic E-state index is -4.43. The summed E-state index contributed by atoms with van der Waals surface area (Å²) < 4.78 is 38.4. The molecule has 1 unspecified atom stereocenters. The van der Waals surface area contributed by atoms with Gasteiger partial charge >= 0.3 is 6.18 Å². The molecule has 7 heteroatoms. The molecule has 1 amide bonds. The van der Waals surface area contributed by atoms with Gasteiger partial charge in [-0.3, -0.25) is 4.79 Å². The number of carbonyl (C=O) groups excluding carboxylic acids is 1. The Bertz CT molecular complexity index is 515. The van der Waals surface area contributed by atoms with Gasteiger partial charge in [0.1, 0.15) is 0 Å². The molecule has 0 spiro atoms. The van der Waals surface area contributed by atoms with Crippen molar-refractivity contribution in [2.45, 2.75) is 13.1 Å². The van der Waals surface area contributed by atoms with Gasteiger partial charge in [-0.05, 0) is 53.1 Å². The van der Waals surface area contributed by atoms with E-state index in [1.165, 1.54) is 6.07 Å². The van der Waals surface area contributed by atoms with Crippen LogP contribution in [0.15, 0.2) is 22.7 Å². The van der Waals surface area contributed by atoms with E-state index in [1.54, 1.807) is 6.92 Å². The van der Waals surface area contributed by atoms with Gasteiger partial charge in [-0.2, -0.15) is 13.2 Å². The van der Waals surface area contributed by atoms with Crippen molar-refractivity contribution in [3.05, 3.63) is 28.2 Å². The van der Waals surface area contributed by atoms with Crippen LogP contribution < -0.4 is 10.6 Å². The zero-order valence-electron chi connectivity index (χ0n) is 10.7. The van der Waals surface area contributed by atoms with Crippen molar-refractivity contribution < 1.29 is 18.0 Å². The highest BCUT2D eigenvalue weighted by molar-refractivity contribution is 9.10. The van der Waals surface area contributed by atoms with E-state index in [-0.39, 0.29) is 23.4 Å². The lowest BCUT2D eigenvalue weighted by molar-refractivity contribution is -0.137. The number of hydrogen-bond acceptors (Lipinski definition) is 2. The molecular weight excluding hydrogens is 337 g/mol. The molecule has 0 bridgehead atoms. The first-order valence-electron chi connectivity index (χ1n) is 6.17. The van der Waals surface area contributed by atoms with Crippen molar-refractivity contribution in [2.75, 3.05) is 18.4 Å². The number of benzene rings is 1. The van der Waals surface area contributed by atoms with Crippen LogP contribution in [0, 0.1) is 11.8 Å². The summed E-state index contributed by atoms with van der Waals surface area (Å²) in [4.78, 5) is 12.0. The molecule has 1 aromatic rings. The van der Waals surface area contributed by atoms with Gasteiger partial charge in [-0.25, -0.2) is 0 Å². The first-order chi connectivity index (χ1) is 9.29. The summed E-state index contributed by atoms with van der Waals surface area (Å²) in [7, 11) is 0. The molecule has 1 atom stereocenters. The normalized spacial score (nSPS) is 17.4. The first kappa shape index (κ1) is 15.3. The van der Waals surface area contributed by atoms with Crippen molar-refractivity contribution in [2.24, 2.45) is 11.8 Å². The van der Waals surface area contributed by atoms with Crippen LogP contribution in [0.3, 0.4) is 0 Å². The second-order valence-corrected chi connectivity index (χ2v) is 5.74. The Morgan fingerprint density at radius 2 is 2.10 bits per heavy atom. The number of carbonyl (C=O) groups is 1. The first-order valence-corrected chi connectivity index (χ1v) is 6.96. The lowest BCUT2D eigenvalue weighted by Crippen LogP contribution is -2.48. The topological polar surface area (TPSA) is 41.1 Å². The van der Waals surface area contributed by atoms with Crippen LogP contribution in [0.1, 0.15) is 12.5 Å². The predicted octanol–water partition coefficient (Wildman–Crippen LogP) is 3.26. The third-order valence-electron chi connectivity index (χ3n) is 3.49. The lowest BCUT2D eigenvalue weighted by atomic mass is 9.88. The maximum atomic E-state index is 12.7.